The van der Waals surface area contributed by atoms with Crippen LogP contribution in [0.25, 0.3) is 0 Å². The minimum atomic E-state index is 0.00967. The number of carbonyl (C=O) groups is 1. The third-order valence-corrected chi connectivity index (χ3v) is 2.12. The zero-order chi connectivity index (χ0) is 12.1. The summed E-state index contributed by atoms with van der Waals surface area (Å²) in [6, 6.07) is 5.25. The molecule has 84 valence electrons. The predicted molar refractivity (Wildman–Crippen MR) is 58.6 cm³/mol. The highest BCUT2D eigenvalue weighted by Crippen LogP contribution is 2.32. The number of ketones is 1. The van der Waals surface area contributed by atoms with E-state index >= 15 is 0 Å². The summed E-state index contributed by atoms with van der Waals surface area (Å²) in [5, 5.41) is 8.85. The number of nitrogens with zero attached hydrogens (tertiary/aromatic N) is 1. The second-order valence-electron chi connectivity index (χ2n) is 3.36. The van der Waals surface area contributed by atoms with Crippen LogP contribution in [0.1, 0.15) is 18.1 Å². The average molecular weight is 219 g/mol. The lowest BCUT2D eigenvalue weighted by Gasteiger charge is -2.12. The van der Waals surface area contributed by atoms with Gasteiger partial charge in [0.05, 0.1) is 25.9 Å². The highest BCUT2D eigenvalue weighted by atomic mass is 16.5. The quantitative estimate of drug-likeness (QED) is 0.773. The maximum Gasteiger partial charge on any atom is 0.164 e. The van der Waals surface area contributed by atoms with Gasteiger partial charge in [0, 0.05) is 18.1 Å². The van der Waals surface area contributed by atoms with Crippen LogP contribution >= 0.6 is 0 Å². The molecule has 0 heterocycles. The summed E-state index contributed by atoms with van der Waals surface area (Å²) in [5.74, 6) is 0.991. The van der Waals surface area contributed by atoms with Crippen molar-refractivity contribution in [3.63, 3.8) is 0 Å². The molecule has 0 fully saturated rings. The molecule has 0 N–H and O–H groups in total. The zero-order valence-electron chi connectivity index (χ0n) is 9.53. The molecule has 0 aliphatic rings. The van der Waals surface area contributed by atoms with E-state index in [2.05, 4.69) is 0 Å². The normalized spacial score (nSPS) is 9.38. The lowest BCUT2D eigenvalue weighted by atomic mass is 10.0. The maximum absolute atomic E-state index is 11.1. The average Bonchev–Trinajstić information content (AvgIpc) is 2.27. The van der Waals surface area contributed by atoms with Crippen molar-refractivity contribution in [2.24, 2.45) is 0 Å². The molecule has 1 rings (SSSR count). The van der Waals surface area contributed by atoms with Gasteiger partial charge in [0.2, 0.25) is 0 Å². The summed E-state index contributed by atoms with van der Waals surface area (Å²) >= 11 is 0. The Bertz CT molecular complexity index is 446. The molecule has 0 bridgehead atoms. The van der Waals surface area contributed by atoms with Crippen LogP contribution in [0.4, 0.5) is 0 Å². The lowest BCUT2D eigenvalue weighted by molar-refractivity contribution is -0.116. The first-order valence-electron chi connectivity index (χ1n) is 4.76. The van der Waals surface area contributed by atoms with E-state index in [-0.39, 0.29) is 12.2 Å². The number of benzene rings is 1. The number of carbonyl (C=O) groups excluding carboxylic acids is 1. The molecule has 4 nitrogen and oxygen atoms in total. The van der Waals surface area contributed by atoms with Gasteiger partial charge in [0.15, 0.2) is 11.5 Å². The molecule has 0 radical (unpaired) electrons. The van der Waals surface area contributed by atoms with Crippen molar-refractivity contribution < 1.29 is 14.3 Å². The predicted octanol–water partition coefficient (Wildman–Crippen LogP) is 1.71. The van der Waals surface area contributed by atoms with Gasteiger partial charge in [0.25, 0.3) is 0 Å². The van der Waals surface area contributed by atoms with E-state index < -0.39 is 0 Å². The van der Waals surface area contributed by atoms with Crippen LogP contribution in [0.2, 0.25) is 0 Å². The Hall–Kier alpha value is -2.02. The smallest absolute Gasteiger partial charge is 0.164 e. The van der Waals surface area contributed by atoms with Crippen LogP contribution in [-0.2, 0) is 11.2 Å². The minimum Gasteiger partial charge on any atom is -0.493 e. The molecule has 1 aromatic carbocycles. The Morgan fingerprint density at radius 2 is 2.06 bits per heavy atom. The molecule has 4 heteroatoms. The van der Waals surface area contributed by atoms with Gasteiger partial charge in [-0.05, 0) is 13.0 Å². The molecule has 0 amide bonds. The molecule has 0 atom stereocenters. The van der Waals surface area contributed by atoms with Crippen LogP contribution < -0.4 is 9.47 Å². The summed E-state index contributed by atoms with van der Waals surface area (Å²) in [6.45, 7) is 1.49. The third kappa shape index (κ3) is 2.51. The fraction of sp³-hybridized carbons (Fsp3) is 0.333. The van der Waals surface area contributed by atoms with Gasteiger partial charge in [-0.2, -0.15) is 5.26 Å². The number of nitriles is 1. The molecule has 0 saturated heterocycles. The van der Waals surface area contributed by atoms with E-state index in [0.29, 0.717) is 22.6 Å². The van der Waals surface area contributed by atoms with Crippen molar-refractivity contribution in [3.05, 3.63) is 23.3 Å². The number of rotatable bonds is 4. The van der Waals surface area contributed by atoms with Crippen molar-refractivity contribution in [1.29, 1.82) is 5.26 Å². The molecule has 0 aliphatic carbocycles. The summed E-state index contributed by atoms with van der Waals surface area (Å²) in [6.07, 6.45) is 0.231. The van der Waals surface area contributed by atoms with Gasteiger partial charge in [-0.3, -0.25) is 4.79 Å². The summed E-state index contributed by atoms with van der Waals surface area (Å²) in [4.78, 5) is 11.1. The molecular formula is C12H13NO3. The first-order chi connectivity index (χ1) is 7.62. The van der Waals surface area contributed by atoms with Gasteiger partial charge in [0.1, 0.15) is 5.78 Å². The molecule has 0 spiro atoms. The summed E-state index contributed by atoms with van der Waals surface area (Å²) < 4.78 is 10.3. The first-order valence-corrected chi connectivity index (χ1v) is 4.76. The number of Topliss-reactive ketones (excluding diaryl/α,β-unsaturated/α-hetero) is 1. The van der Waals surface area contributed by atoms with E-state index in [1.807, 2.05) is 6.07 Å². The zero-order valence-corrected chi connectivity index (χ0v) is 9.53. The van der Waals surface area contributed by atoms with Crippen molar-refractivity contribution >= 4 is 5.78 Å². The van der Waals surface area contributed by atoms with E-state index in [9.17, 15) is 4.79 Å². The number of hydrogen-bond acceptors (Lipinski definition) is 4. The molecule has 1 aromatic rings. The molecule has 0 aromatic heterocycles. The van der Waals surface area contributed by atoms with Crippen LogP contribution in [0.3, 0.4) is 0 Å². The number of hydrogen-bond donors (Lipinski definition) is 0. The van der Waals surface area contributed by atoms with E-state index in [1.165, 1.54) is 21.1 Å². The SMILES string of the molecule is COc1cc(C#N)cc(CC(C)=O)c1OC. The fourth-order valence-corrected chi connectivity index (χ4v) is 1.51. The maximum atomic E-state index is 11.1. The van der Waals surface area contributed by atoms with Crippen molar-refractivity contribution in [2.45, 2.75) is 13.3 Å². The molecule has 0 saturated carbocycles. The van der Waals surface area contributed by atoms with Crippen LogP contribution in [0, 0.1) is 11.3 Å². The third-order valence-electron chi connectivity index (χ3n) is 2.12. The van der Waals surface area contributed by atoms with E-state index in [1.54, 1.807) is 12.1 Å². The standard InChI is InChI=1S/C12H13NO3/c1-8(14)4-10-5-9(7-13)6-11(15-2)12(10)16-3/h5-6H,4H2,1-3H3. The Labute approximate surface area is 94.4 Å². The summed E-state index contributed by atoms with van der Waals surface area (Å²) in [7, 11) is 3.00. The molecule has 0 unspecified atom stereocenters. The Morgan fingerprint density at radius 3 is 2.50 bits per heavy atom. The van der Waals surface area contributed by atoms with Gasteiger partial charge in [-0.15, -0.1) is 0 Å². The van der Waals surface area contributed by atoms with Gasteiger partial charge < -0.3 is 9.47 Å². The Balaban J connectivity index is 3.32. The van der Waals surface area contributed by atoms with Gasteiger partial charge in [-0.1, -0.05) is 0 Å². The monoisotopic (exact) mass is 219 g/mol. The summed E-state index contributed by atoms with van der Waals surface area (Å²) in [5.41, 5.74) is 1.12. The van der Waals surface area contributed by atoms with Crippen molar-refractivity contribution in [3.8, 4) is 17.6 Å². The minimum absolute atomic E-state index is 0.00967. The molecule has 0 aliphatic heterocycles. The number of methoxy groups -OCH3 is 2. The van der Waals surface area contributed by atoms with Crippen LogP contribution in [-0.4, -0.2) is 20.0 Å². The molecule has 16 heavy (non-hydrogen) atoms. The van der Waals surface area contributed by atoms with Gasteiger partial charge in [-0.25, -0.2) is 0 Å². The van der Waals surface area contributed by atoms with E-state index in [4.69, 9.17) is 14.7 Å². The topological polar surface area (TPSA) is 59.3 Å². The lowest BCUT2D eigenvalue weighted by Crippen LogP contribution is -2.02. The van der Waals surface area contributed by atoms with Crippen molar-refractivity contribution in [1.82, 2.24) is 0 Å². The van der Waals surface area contributed by atoms with Crippen molar-refractivity contribution in [2.75, 3.05) is 14.2 Å². The van der Waals surface area contributed by atoms with Crippen LogP contribution in [0.15, 0.2) is 12.1 Å². The largest absolute Gasteiger partial charge is 0.493 e. The first kappa shape index (κ1) is 12.1. The van der Waals surface area contributed by atoms with E-state index in [0.717, 1.165) is 0 Å². The van der Waals surface area contributed by atoms with Crippen LogP contribution in [0.5, 0.6) is 11.5 Å². The Kier molecular flexibility index (Phi) is 3.90. The second kappa shape index (κ2) is 5.17. The fourth-order valence-electron chi connectivity index (χ4n) is 1.51. The second-order valence-corrected chi connectivity index (χ2v) is 3.36. The molecular weight excluding hydrogens is 206 g/mol. The highest BCUT2D eigenvalue weighted by Gasteiger charge is 2.13. The van der Waals surface area contributed by atoms with Gasteiger partial charge >= 0.3 is 0 Å². The Morgan fingerprint density at radius 1 is 1.38 bits per heavy atom. The highest BCUT2D eigenvalue weighted by molar-refractivity contribution is 5.79. The number of ether oxygens (including phenoxy) is 2.